The largest absolute Gasteiger partial charge is 0.396 e. The summed E-state index contributed by atoms with van der Waals surface area (Å²) in [6, 6.07) is 0. The third kappa shape index (κ3) is 17.7. The molecule has 119 valence electrons. The molecule has 0 rings (SSSR count). The topological polar surface area (TPSA) is 20.2 Å². The van der Waals surface area contributed by atoms with Gasteiger partial charge in [-0.2, -0.15) is 0 Å². The fourth-order valence-electron chi connectivity index (χ4n) is 2.67. The Morgan fingerprint density at radius 1 is 0.500 bits per heavy atom. The number of rotatable bonds is 17. The van der Waals surface area contributed by atoms with Gasteiger partial charge in [-0.3, -0.25) is 0 Å². The van der Waals surface area contributed by atoms with Crippen LogP contribution in [0.25, 0.3) is 0 Å². The van der Waals surface area contributed by atoms with E-state index in [0.717, 1.165) is 12.8 Å². The zero-order valence-electron chi connectivity index (χ0n) is 13.6. The first-order chi connectivity index (χ1) is 9.91. The lowest BCUT2D eigenvalue weighted by Gasteiger charge is -2.03. The number of hydrogen-bond donors (Lipinski definition) is 1. The van der Waals surface area contributed by atoms with Crippen LogP contribution in [0.4, 0.5) is 0 Å². The minimum absolute atomic E-state index is 0.367. The Balaban J connectivity index is 2.90. The average Bonchev–Trinajstić information content (AvgIpc) is 2.47. The van der Waals surface area contributed by atoms with Crippen molar-refractivity contribution in [3.8, 4) is 0 Å². The van der Waals surface area contributed by atoms with Crippen LogP contribution in [0.3, 0.4) is 0 Å². The van der Waals surface area contributed by atoms with E-state index in [4.69, 9.17) is 11.7 Å². The summed E-state index contributed by atoms with van der Waals surface area (Å²) in [6.07, 6.45) is 23.1. The zero-order valence-corrected chi connectivity index (χ0v) is 13.6. The Kier molecular flexibility index (Phi) is 18.4. The van der Waals surface area contributed by atoms with Gasteiger partial charge in [-0.25, -0.2) is 0 Å². The number of allylic oxidation sites excluding steroid dienone is 1. The van der Waals surface area contributed by atoms with Crippen LogP contribution in [0.5, 0.6) is 0 Å². The van der Waals surface area contributed by atoms with Crippen LogP contribution in [0, 0.1) is 6.58 Å². The van der Waals surface area contributed by atoms with Crippen LogP contribution in [0.1, 0.15) is 103 Å². The molecule has 0 aromatic heterocycles. The quantitative estimate of drug-likeness (QED) is 0.314. The predicted octanol–water partition coefficient (Wildman–Crippen LogP) is 6.21. The molecular formula is C19H37O. The first-order valence-electron chi connectivity index (χ1n) is 9.06. The molecule has 0 bridgehead atoms. The summed E-state index contributed by atoms with van der Waals surface area (Å²) in [4.78, 5) is 0. The molecule has 0 aromatic rings. The van der Waals surface area contributed by atoms with Gasteiger partial charge in [-0.15, -0.1) is 0 Å². The van der Waals surface area contributed by atoms with Crippen molar-refractivity contribution in [3.63, 3.8) is 0 Å². The van der Waals surface area contributed by atoms with Gasteiger partial charge in [0.1, 0.15) is 0 Å². The first kappa shape index (κ1) is 19.7. The molecule has 0 saturated carbocycles. The third-order valence-corrected chi connectivity index (χ3v) is 4.03. The fourth-order valence-corrected chi connectivity index (χ4v) is 2.67. The van der Waals surface area contributed by atoms with Crippen LogP contribution in [0.2, 0.25) is 0 Å². The minimum Gasteiger partial charge on any atom is -0.396 e. The molecule has 0 fully saturated rings. The van der Waals surface area contributed by atoms with Crippen LogP contribution >= 0.6 is 0 Å². The SMILES string of the molecule is [CH]=CCCCCCCCCCCCCCCCCCO. The van der Waals surface area contributed by atoms with Crippen LogP contribution in [-0.4, -0.2) is 11.7 Å². The standard InChI is InChI=1S/C19H37O/c1-2-3-4-5-6-7-8-9-10-11-12-13-14-15-16-17-18-19-20/h1-2,20H,3-19H2. The van der Waals surface area contributed by atoms with E-state index < -0.39 is 0 Å². The molecule has 0 heterocycles. The average molecular weight is 282 g/mol. The van der Waals surface area contributed by atoms with Gasteiger partial charge < -0.3 is 5.11 Å². The monoisotopic (exact) mass is 281 g/mol. The highest BCUT2D eigenvalue weighted by Crippen LogP contribution is 2.13. The summed E-state index contributed by atoms with van der Waals surface area (Å²) >= 11 is 0. The minimum atomic E-state index is 0.367. The second kappa shape index (κ2) is 18.7. The summed E-state index contributed by atoms with van der Waals surface area (Å²) in [5.41, 5.74) is 0. The van der Waals surface area contributed by atoms with Crippen LogP contribution in [0.15, 0.2) is 6.08 Å². The van der Waals surface area contributed by atoms with E-state index in [-0.39, 0.29) is 0 Å². The molecule has 0 spiro atoms. The molecule has 0 aliphatic carbocycles. The molecule has 0 unspecified atom stereocenters. The fraction of sp³-hybridized carbons (Fsp3) is 0.895. The van der Waals surface area contributed by atoms with E-state index in [2.05, 4.69) is 0 Å². The van der Waals surface area contributed by atoms with Crippen LogP contribution < -0.4 is 0 Å². The van der Waals surface area contributed by atoms with Gasteiger partial charge in [0, 0.05) is 6.61 Å². The number of unbranched alkanes of at least 4 members (excludes halogenated alkanes) is 15. The maximum atomic E-state index is 8.68. The molecule has 0 aliphatic heterocycles. The van der Waals surface area contributed by atoms with Crippen molar-refractivity contribution in [2.24, 2.45) is 0 Å². The highest BCUT2D eigenvalue weighted by Gasteiger charge is 1.94. The summed E-state index contributed by atoms with van der Waals surface area (Å²) in [5, 5.41) is 8.68. The van der Waals surface area contributed by atoms with Gasteiger partial charge in [0.15, 0.2) is 0 Å². The molecule has 20 heavy (non-hydrogen) atoms. The van der Waals surface area contributed by atoms with E-state index in [0.29, 0.717) is 6.61 Å². The Morgan fingerprint density at radius 3 is 1.10 bits per heavy atom. The van der Waals surface area contributed by atoms with Crippen molar-refractivity contribution in [3.05, 3.63) is 12.7 Å². The van der Waals surface area contributed by atoms with Crippen molar-refractivity contribution in [1.29, 1.82) is 0 Å². The highest BCUT2D eigenvalue weighted by molar-refractivity contribution is 4.61. The van der Waals surface area contributed by atoms with Crippen molar-refractivity contribution in [1.82, 2.24) is 0 Å². The Bertz CT molecular complexity index is 177. The van der Waals surface area contributed by atoms with E-state index in [9.17, 15) is 0 Å². The molecule has 1 radical (unpaired) electrons. The number of hydrogen-bond acceptors (Lipinski definition) is 1. The van der Waals surface area contributed by atoms with E-state index in [1.807, 2.05) is 0 Å². The van der Waals surface area contributed by atoms with E-state index >= 15 is 0 Å². The van der Waals surface area contributed by atoms with Gasteiger partial charge in [-0.1, -0.05) is 96.1 Å². The van der Waals surface area contributed by atoms with E-state index in [1.54, 1.807) is 6.08 Å². The smallest absolute Gasteiger partial charge is 0.0431 e. The normalized spacial score (nSPS) is 10.8. The molecule has 1 nitrogen and oxygen atoms in total. The lowest BCUT2D eigenvalue weighted by atomic mass is 10.0. The summed E-state index contributed by atoms with van der Waals surface area (Å²) in [7, 11) is 0. The molecule has 1 heteroatoms. The first-order valence-corrected chi connectivity index (χ1v) is 9.06. The van der Waals surface area contributed by atoms with Gasteiger partial charge in [0.25, 0.3) is 0 Å². The molecule has 0 aromatic carbocycles. The summed E-state index contributed by atoms with van der Waals surface area (Å²) in [6.45, 7) is 5.72. The Labute approximate surface area is 127 Å². The Hall–Kier alpha value is -0.300. The lowest BCUT2D eigenvalue weighted by molar-refractivity contribution is 0.282. The Morgan fingerprint density at radius 2 is 0.800 bits per heavy atom. The van der Waals surface area contributed by atoms with Crippen molar-refractivity contribution >= 4 is 0 Å². The molecule has 0 saturated heterocycles. The number of aliphatic hydroxyl groups is 1. The summed E-state index contributed by atoms with van der Waals surface area (Å²) < 4.78 is 0. The maximum absolute atomic E-state index is 8.68. The van der Waals surface area contributed by atoms with E-state index in [1.165, 1.54) is 89.9 Å². The summed E-state index contributed by atoms with van der Waals surface area (Å²) in [5.74, 6) is 0. The predicted molar refractivity (Wildman–Crippen MR) is 89.8 cm³/mol. The zero-order chi connectivity index (χ0) is 14.7. The molecule has 0 aliphatic rings. The van der Waals surface area contributed by atoms with Gasteiger partial charge in [0.05, 0.1) is 0 Å². The van der Waals surface area contributed by atoms with Crippen molar-refractivity contribution in [2.75, 3.05) is 6.61 Å². The van der Waals surface area contributed by atoms with Crippen LogP contribution in [-0.2, 0) is 0 Å². The highest BCUT2D eigenvalue weighted by atomic mass is 16.2. The molecule has 0 atom stereocenters. The van der Waals surface area contributed by atoms with Gasteiger partial charge in [-0.05, 0) is 19.3 Å². The third-order valence-electron chi connectivity index (χ3n) is 4.03. The van der Waals surface area contributed by atoms with Gasteiger partial charge >= 0.3 is 0 Å². The molecular weight excluding hydrogens is 244 g/mol. The maximum Gasteiger partial charge on any atom is 0.0431 e. The second-order valence-electron chi connectivity index (χ2n) is 6.05. The second-order valence-corrected chi connectivity index (χ2v) is 6.05. The van der Waals surface area contributed by atoms with Crippen molar-refractivity contribution < 1.29 is 5.11 Å². The van der Waals surface area contributed by atoms with Gasteiger partial charge in [0.2, 0.25) is 0 Å². The van der Waals surface area contributed by atoms with Crippen molar-refractivity contribution in [2.45, 2.75) is 103 Å². The molecule has 1 N–H and O–H groups in total. The number of aliphatic hydroxyl groups excluding tert-OH is 1. The molecule has 0 amide bonds. The lowest BCUT2D eigenvalue weighted by Crippen LogP contribution is -1.85.